The summed E-state index contributed by atoms with van der Waals surface area (Å²) in [7, 11) is 0. The van der Waals surface area contributed by atoms with E-state index in [1.54, 1.807) is 0 Å². The number of carbonyl (C=O) groups is 3. The molecule has 0 aromatic carbocycles. The molecule has 0 aliphatic carbocycles. The van der Waals surface area contributed by atoms with Crippen molar-refractivity contribution in [2.75, 3.05) is 13.2 Å². The fraction of sp³-hybridized carbons (Fsp3) is 0.646. The molecule has 0 aromatic rings. The van der Waals surface area contributed by atoms with Crippen molar-refractivity contribution in [3.63, 3.8) is 0 Å². The molecule has 0 aromatic heterocycles. The lowest BCUT2D eigenvalue weighted by Crippen LogP contribution is -2.30. The molecule has 306 valence electrons. The smallest absolute Gasteiger partial charge is 0.306 e. The van der Waals surface area contributed by atoms with Crippen molar-refractivity contribution < 1.29 is 28.6 Å². The topological polar surface area (TPSA) is 78.9 Å². The van der Waals surface area contributed by atoms with E-state index in [1.807, 2.05) is 12.2 Å². The zero-order chi connectivity index (χ0) is 39.4. The van der Waals surface area contributed by atoms with Crippen LogP contribution in [0.2, 0.25) is 0 Å². The first kappa shape index (κ1) is 50.6. The summed E-state index contributed by atoms with van der Waals surface area (Å²) in [5, 5.41) is 0. The molecule has 0 aliphatic heterocycles. The van der Waals surface area contributed by atoms with Gasteiger partial charge in [-0.2, -0.15) is 0 Å². The molecule has 6 nitrogen and oxygen atoms in total. The van der Waals surface area contributed by atoms with Gasteiger partial charge in [0.1, 0.15) is 13.2 Å². The van der Waals surface area contributed by atoms with Gasteiger partial charge in [-0.15, -0.1) is 0 Å². The summed E-state index contributed by atoms with van der Waals surface area (Å²) >= 11 is 0. The van der Waals surface area contributed by atoms with Crippen LogP contribution in [0, 0.1) is 0 Å². The molecule has 1 atom stereocenters. The second-order valence-corrected chi connectivity index (χ2v) is 14.0. The summed E-state index contributed by atoms with van der Waals surface area (Å²) in [6, 6.07) is 0. The van der Waals surface area contributed by atoms with Gasteiger partial charge in [0.25, 0.3) is 0 Å². The van der Waals surface area contributed by atoms with Crippen molar-refractivity contribution in [3.8, 4) is 0 Å². The third-order valence-electron chi connectivity index (χ3n) is 8.74. The summed E-state index contributed by atoms with van der Waals surface area (Å²) in [5.74, 6) is -0.965. The summed E-state index contributed by atoms with van der Waals surface area (Å²) in [6.45, 7) is 6.25. The molecule has 0 fully saturated rings. The highest BCUT2D eigenvalue weighted by Crippen LogP contribution is 2.12. The lowest BCUT2D eigenvalue weighted by molar-refractivity contribution is -0.167. The highest BCUT2D eigenvalue weighted by molar-refractivity contribution is 5.71. The minimum Gasteiger partial charge on any atom is -0.462 e. The fourth-order valence-electron chi connectivity index (χ4n) is 5.48. The molecular formula is C48H78O6. The summed E-state index contributed by atoms with van der Waals surface area (Å²) < 4.78 is 16.6. The van der Waals surface area contributed by atoms with Crippen molar-refractivity contribution >= 4 is 17.9 Å². The van der Waals surface area contributed by atoms with Crippen LogP contribution in [-0.4, -0.2) is 37.2 Å². The van der Waals surface area contributed by atoms with Crippen molar-refractivity contribution in [2.24, 2.45) is 0 Å². The lowest BCUT2D eigenvalue weighted by Gasteiger charge is -2.18. The highest BCUT2D eigenvalue weighted by atomic mass is 16.6. The number of hydrogen-bond donors (Lipinski definition) is 0. The van der Waals surface area contributed by atoms with Gasteiger partial charge in [0, 0.05) is 19.3 Å². The van der Waals surface area contributed by atoms with Gasteiger partial charge in [0.2, 0.25) is 0 Å². The van der Waals surface area contributed by atoms with Crippen molar-refractivity contribution in [2.45, 2.75) is 187 Å². The maximum Gasteiger partial charge on any atom is 0.306 e. The van der Waals surface area contributed by atoms with Crippen LogP contribution in [0.5, 0.6) is 0 Å². The largest absolute Gasteiger partial charge is 0.462 e. The molecule has 0 saturated carbocycles. The molecular weight excluding hydrogens is 673 g/mol. The second-order valence-electron chi connectivity index (χ2n) is 14.0. The molecule has 1 unspecified atom stereocenters. The van der Waals surface area contributed by atoms with Gasteiger partial charge in [-0.05, 0) is 77.0 Å². The maximum absolute atomic E-state index is 12.7. The highest BCUT2D eigenvalue weighted by Gasteiger charge is 2.19. The monoisotopic (exact) mass is 751 g/mol. The van der Waals surface area contributed by atoms with E-state index in [1.165, 1.54) is 12.8 Å². The van der Waals surface area contributed by atoms with E-state index in [2.05, 4.69) is 93.7 Å². The van der Waals surface area contributed by atoms with E-state index in [9.17, 15) is 14.4 Å². The van der Waals surface area contributed by atoms with E-state index in [-0.39, 0.29) is 31.1 Å². The summed E-state index contributed by atoms with van der Waals surface area (Å²) in [6.07, 6.45) is 52.8. The van der Waals surface area contributed by atoms with Crippen molar-refractivity contribution in [1.82, 2.24) is 0 Å². The third-order valence-corrected chi connectivity index (χ3v) is 8.74. The van der Waals surface area contributed by atoms with Crippen LogP contribution in [0.25, 0.3) is 0 Å². The van der Waals surface area contributed by atoms with Crippen molar-refractivity contribution in [1.29, 1.82) is 0 Å². The van der Waals surface area contributed by atoms with Gasteiger partial charge in [0.05, 0.1) is 0 Å². The fourth-order valence-corrected chi connectivity index (χ4v) is 5.48. The van der Waals surface area contributed by atoms with Crippen LogP contribution in [-0.2, 0) is 28.6 Å². The average Bonchev–Trinajstić information content (AvgIpc) is 3.17. The Hall–Kier alpha value is -3.41. The minimum atomic E-state index is -0.797. The van der Waals surface area contributed by atoms with E-state index in [0.29, 0.717) is 19.3 Å². The van der Waals surface area contributed by atoms with Gasteiger partial charge in [0.15, 0.2) is 6.10 Å². The zero-order valence-electron chi connectivity index (χ0n) is 34.7. The number of hydrogen-bond acceptors (Lipinski definition) is 6. The molecule has 0 radical (unpaired) electrons. The third kappa shape index (κ3) is 39.8. The van der Waals surface area contributed by atoms with E-state index >= 15 is 0 Å². The van der Waals surface area contributed by atoms with Crippen LogP contribution >= 0.6 is 0 Å². The molecule has 0 saturated heterocycles. The van der Waals surface area contributed by atoms with Gasteiger partial charge >= 0.3 is 17.9 Å². The molecule has 0 bridgehead atoms. The van der Waals surface area contributed by atoms with Gasteiger partial charge in [-0.25, -0.2) is 0 Å². The predicted molar refractivity (Wildman–Crippen MR) is 228 cm³/mol. The second kappa shape index (κ2) is 42.3. The van der Waals surface area contributed by atoms with Gasteiger partial charge < -0.3 is 14.2 Å². The zero-order valence-corrected chi connectivity index (χ0v) is 34.7. The Balaban J connectivity index is 4.48. The molecule has 0 spiro atoms. The summed E-state index contributed by atoms with van der Waals surface area (Å²) in [4.78, 5) is 37.6. The molecule has 6 heteroatoms. The number of carbonyl (C=O) groups excluding carboxylic acids is 3. The number of unbranched alkanes of at least 4 members (excludes halogenated alkanes) is 16. The number of rotatable bonds is 37. The normalized spacial score (nSPS) is 12.9. The number of allylic oxidation sites excluding steroid dienone is 14. The van der Waals surface area contributed by atoms with Crippen LogP contribution in [0.3, 0.4) is 0 Å². The Kier molecular flexibility index (Phi) is 39.7. The first-order valence-corrected chi connectivity index (χ1v) is 21.7. The maximum atomic E-state index is 12.7. The van der Waals surface area contributed by atoms with E-state index in [4.69, 9.17) is 14.2 Å². The SMILES string of the molecule is CC\C=C/C=C\C=C/CCCCCCCC(=O)OCC(COC(=O)CCCCCC/C=C\CCCC)OC(=O)CCCCCCC\C=C/C=C\C=C/CC. The Morgan fingerprint density at radius 1 is 0.389 bits per heavy atom. The standard InChI is InChI=1S/C48H78O6/c1-4-7-10-13-16-19-22-24-26-29-32-35-38-41-47(50)53-44-45(43-52-46(49)40-37-34-31-28-21-18-15-12-9-6-3)54-48(51)42-39-36-33-30-27-25-23-20-17-14-11-8-5-2/h7-8,10-11,13-20,22-23,45H,4-6,9,12,21,24-44H2,1-3H3/b10-7-,11-8-,16-13-,17-14-,18-15-,22-19-,23-20-. The Bertz CT molecular complexity index is 1090. The van der Waals surface area contributed by atoms with E-state index in [0.717, 1.165) is 128 Å². The minimum absolute atomic E-state index is 0.0995. The predicted octanol–water partition coefficient (Wildman–Crippen LogP) is 13.7. The molecule has 0 amide bonds. The quantitative estimate of drug-likeness (QED) is 0.0207. The molecule has 0 heterocycles. The first-order chi connectivity index (χ1) is 26.5. The molecule has 54 heavy (non-hydrogen) atoms. The van der Waals surface area contributed by atoms with Crippen LogP contribution in [0.15, 0.2) is 85.1 Å². The first-order valence-electron chi connectivity index (χ1n) is 21.7. The molecule has 0 aliphatic rings. The number of esters is 3. The van der Waals surface area contributed by atoms with Crippen LogP contribution < -0.4 is 0 Å². The average molecular weight is 751 g/mol. The van der Waals surface area contributed by atoms with Gasteiger partial charge in [-0.3, -0.25) is 14.4 Å². The van der Waals surface area contributed by atoms with E-state index < -0.39 is 6.10 Å². The summed E-state index contributed by atoms with van der Waals surface area (Å²) in [5.41, 5.74) is 0. The van der Waals surface area contributed by atoms with Crippen molar-refractivity contribution in [3.05, 3.63) is 85.1 Å². The molecule has 0 N–H and O–H groups in total. The van der Waals surface area contributed by atoms with Crippen LogP contribution in [0.1, 0.15) is 181 Å². The Morgan fingerprint density at radius 2 is 0.741 bits per heavy atom. The lowest BCUT2D eigenvalue weighted by atomic mass is 10.1. The Labute approximate surface area is 331 Å². The van der Waals surface area contributed by atoms with Gasteiger partial charge in [-0.1, -0.05) is 170 Å². The van der Waals surface area contributed by atoms with Crippen LogP contribution in [0.4, 0.5) is 0 Å². The molecule has 0 rings (SSSR count). The Morgan fingerprint density at radius 3 is 1.17 bits per heavy atom. The number of ether oxygens (including phenoxy) is 3.